The predicted octanol–water partition coefficient (Wildman–Crippen LogP) is 4.59. The van der Waals surface area contributed by atoms with Gasteiger partial charge in [0.1, 0.15) is 0 Å². The summed E-state index contributed by atoms with van der Waals surface area (Å²) in [5.41, 5.74) is -2.97. The van der Waals surface area contributed by atoms with Gasteiger partial charge in [0.05, 0.1) is 24.0 Å². The van der Waals surface area contributed by atoms with Gasteiger partial charge < -0.3 is 14.9 Å². The summed E-state index contributed by atoms with van der Waals surface area (Å²) in [5, 5.41) is 20.2. The monoisotopic (exact) mass is 356 g/mol. The molecule has 0 aliphatic carbocycles. The molecule has 0 aromatic rings. The number of carboxylic acid groups (broad SMARTS) is 2. The average Bonchev–Trinajstić information content (AvgIpc) is 2.60. The van der Waals surface area contributed by atoms with Crippen molar-refractivity contribution in [3.63, 3.8) is 0 Å². The highest BCUT2D eigenvalue weighted by atomic mass is 16.5. The van der Waals surface area contributed by atoms with Gasteiger partial charge >= 0.3 is 11.9 Å². The number of hydrogen-bond acceptors (Lipinski definition) is 3. The molecular weight excluding hydrogens is 320 g/mol. The molecule has 0 radical (unpaired) electrons. The number of ether oxygens (including phenoxy) is 1. The van der Waals surface area contributed by atoms with Gasteiger partial charge in [0, 0.05) is 0 Å². The summed E-state index contributed by atoms with van der Waals surface area (Å²) in [6.45, 7) is 12.3. The zero-order valence-corrected chi connectivity index (χ0v) is 16.8. The highest BCUT2D eigenvalue weighted by Crippen LogP contribution is 2.57. The molecule has 1 aliphatic heterocycles. The van der Waals surface area contributed by atoms with Crippen molar-refractivity contribution < 1.29 is 24.5 Å². The summed E-state index contributed by atoms with van der Waals surface area (Å²) in [7, 11) is 0. The molecule has 5 heteroatoms. The first-order chi connectivity index (χ1) is 11.5. The zero-order chi connectivity index (χ0) is 19.5. The lowest BCUT2D eigenvalue weighted by Crippen LogP contribution is -2.59. The average molecular weight is 357 g/mol. The van der Waals surface area contributed by atoms with Gasteiger partial charge in [0.25, 0.3) is 0 Å². The van der Waals surface area contributed by atoms with Crippen LogP contribution in [-0.4, -0.2) is 35.4 Å². The molecule has 2 unspecified atom stereocenters. The van der Waals surface area contributed by atoms with Crippen molar-refractivity contribution in [2.24, 2.45) is 21.7 Å². The number of rotatable bonds is 9. The lowest BCUT2D eigenvalue weighted by Gasteiger charge is -2.53. The molecule has 0 aromatic heterocycles. The SMILES string of the molecule is CCC(C)(CC)CC1(C(=O)O)COCC(C(=O)O)(C(C)(CC)CC)C1. The fourth-order valence-corrected chi connectivity index (χ4v) is 4.45. The van der Waals surface area contributed by atoms with E-state index in [0.29, 0.717) is 19.3 Å². The van der Waals surface area contributed by atoms with Crippen LogP contribution >= 0.6 is 0 Å². The van der Waals surface area contributed by atoms with E-state index < -0.39 is 28.2 Å². The molecule has 25 heavy (non-hydrogen) atoms. The van der Waals surface area contributed by atoms with Crippen LogP contribution in [0.4, 0.5) is 0 Å². The van der Waals surface area contributed by atoms with E-state index in [-0.39, 0.29) is 25.0 Å². The summed E-state index contributed by atoms with van der Waals surface area (Å²) in [6, 6.07) is 0. The Morgan fingerprint density at radius 1 is 0.920 bits per heavy atom. The van der Waals surface area contributed by atoms with E-state index in [1.54, 1.807) is 0 Å². The Kier molecular flexibility index (Phi) is 6.71. The summed E-state index contributed by atoms with van der Waals surface area (Å²) < 4.78 is 5.75. The number of aliphatic carboxylic acids is 2. The Labute approximate surface area is 152 Å². The third-order valence-electron chi connectivity index (χ3n) is 7.42. The topological polar surface area (TPSA) is 83.8 Å². The molecule has 1 heterocycles. The second-order valence-electron chi connectivity index (χ2n) is 8.60. The van der Waals surface area contributed by atoms with Crippen LogP contribution in [0.15, 0.2) is 0 Å². The molecule has 5 nitrogen and oxygen atoms in total. The molecule has 0 aromatic carbocycles. The highest BCUT2D eigenvalue weighted by molar-refractivity contribution is 5.80. The molecule has 0 saturated carbocycles. The zero-order valence-electron chi connectivity index (χ0n) is 16.8. The quantitative estimate of drug-likeness (QED) is 0.631. The second kappa shape index (κ2) is 7.65. The largest absolute Gasteiger partial charge is 0.481 e. The smallest absolute Gasteiger partial charge is 0.312 e. The maximum absolute atomic E-state index is 12.4. The van der Waals surface area contributed by atoms with Crippen molar-refractivity contribution in [3.8, 4) is 0 Å². The first kappa shape index (κ1) is 21.9. The van der Waals surface area contributed by atoms with Crippen LogP contribution in [0.3, 0.4) is 0 Å². The van der Waals surface area contributed by atoms with Crippen LogP contribution in [0.2, 0.25) is 0 Å². The van der Waals surface area contributed by atoms with E-state index in [0.717, 1.165) is 12.8 Å². The minimum atomic E-state index is -1.17. The van der Waals surface area contributed by atoms with E-state index in [4.69, 9.17) is 4.74 Å². The molecular formula is C20H36O5. The molecule has 1 aliphatic rings. The maximum Gasteiger partial charge on any atom is 0.312 e. The summed E-state index contributed by atoms with van der Waals surface area (Å²) in [6.07, 6.45) is 3.65. The number of hydrogen-bond donors (Lipinski definition) is 2. The third-order valence-corrected chi connectivity index (χ3v) is 7.42. The first-order valence-electron chi connectivity index (χ1n) is 9.55. The summed E-state index contributed by atoms with van der Waals surface area (Å²) in [5.74, 6) is -1.86. The highest BCUT2D eigenvalue weighted by Gasteiger charge is 2.61. The maximum atomic E-state index is 12.4. The van der Waals surface area contributed by atoms with Gasteiger partial charge in [-0.15, -0.1) is 0 Å². The first-order valence-corrected chi connectivity index (χ1v) is 9.55. The van der Waals surface area contributed by atoms with Crippen LogP contribution in [0.5, 0.6) is 0 Å². The van der Waals surface area contributed by atoms with Crippen molar-refractivity contribution in [1.29, 1.82) is 0 Å². The van der Waals surface area contributed by atoms with Crippen LogP contribution in [0.1, 0.15) is 80.1 Å². The minimum Gasteiger partial charge on any atom is -0.481 e. The van der Waals surface area contributed by atoms with E-state index in [1.165, 1.54) is 0 Å². The molecule has 0 bridgehead atoms. The standard InChI is InChI=1S/C20H36O5/c1-7-17(5,8-2)11-19(15(21)22)12-20(16(23)24,14-25-13-19)18(6,9-3)10-4/h7-14H2,1-6H3,(H,21,22)(H,23,24). The molecule has 1 fully saturated rings. The summed E-state index contributed by atoms with van der Waals surface area (Å²) >= 11 is 0. The lowest BCUT2D eigenvalue weighted by molar-refractivity contribution is -0.201. The Morgan fingerprint density at radius 2 is 1.44 bits per heavy atom. The van der Waals surface area contributed by atoms with Crippen LogP contribution < -0.4 is 0 Å². The van der Waals surface area contributed by atoms with E-state index in [2.05, 4.69) is 20.8 Å². The van der Waals surface area contributed by atoms with Crippen molar-refractivity contribution >= 4 is 11.9 Å². The molecule has 2 N–H and O–H groups in total. The van der Waals surface area contributed by atoms with Crippen molar-refractivity contribution in [3.05, 3.63) is 0 Å². The van der Waals surface area contributed by atoms with Crippen LogP contribution in [0, 0.1) is 21.7 Å². The lowest BCUT2D eigenvalue weighted by atomic mass is 9.53. The number of carbonyl (C=O) groups is 2. The molecule has 1 saturated heterocycles. The Balaban J connectivity index is 3.44. The van der Waals surface area contributed by atoms with Crippen molar-refractivity contribution in [2.75, 3.05) is 13.2 Å². The van der Waals surface area contributed by atoms with Crippen LogP contribution in [-0.2, 0) is 14.3 Å². The van der Waals surface area contributed by atoms with E-state index >= 15 is 0 Å². The van der Waals surface area contributed by atoms with Gasteiger partial charge in [-0.1, -0.05) is 54.4 Å². The molecule has 1 rings (SSSR count). The minimum absolute atomic E-state index is 0.0878. The Hall–Kier alpha value is -1.10. The third kappa shape index (κ3) is 3.71. The van der Waals surface area contributed by atoms with Gasteiger partial charge in [0.2, 0.25) is 0 Å². The Bertz CT molecular complexity index is 492. The fraction of sp³-hybridized carbons (Fsp3) is 0.900. The summed E-state index contributed by atoms with van der Waals surface area (Å²) in [4.78, 5) is 24.7. The molecule has 2 atom stereocenters. The van der Waals surface area contributed by atoms with Gasteiger partial charge in [-0.3, -0.25) is 9.59 Å². The van der Waals surface area contributed by atoms with Crippen LogP contribution in [0.25, 0.3) is 0 Å². The van der Waals surface area contributed by atoms with Gasteiger partial charge in [0.15, 0.2) is 0 Å². The fourth-order valence-electron chi connectivity index (χ4n) is 4.45. The van der Waals surface area contributed by atoms with Gasteiger partial charge in [-0.2, -0.15) is 0 Å². The molecule has 0 amide bonds. The van der Waals surface area contributed by atoms with Crippen molar-refractivity contribution in [1.82, 2.24) is 0 Å². The second-order valence-corrected chi connectivity index (χ2v) is 8.60. The van der Waals surface area contributed by atoms with Gasteiger partial charge in [-0.25, -0.2) is 0 Å². The number of carboxylic acids is 2. The van der Waals surface area contributed by atoms with Gasteiger partial charge in [-0.05, 0) is 36.5 Å². The Morgan fingerprint density at radius 3 is 1.80 bits per heavy atom. The van der Waals surface area contributed by atoms with E-state index in [1.807, 2.05) is 20.8 Å². The molecule has 0 spiro atoms. The molecule has 146 valence electrons. The normalized spacial score (nSPS) is 27.9. The van der Waals surface area contributed by atoms with E-state index in [9.17, 15) is 19.8 Å². The van der Waals surface area contributed by atoms with Crippen molar-refractivity contribution in [2.45, 2.75) is 80.1 Å². The predicted molar refractivity (Wildman–Crippen MR) is 97.6 cm³/mol.